The van der Waals surface area contributed by atoms with Gasteiger partial charge < -0.3 is 19.5 Å². The summed E-state index contributed by atoms with van der Waals surface area (Å²) in [7, 11) is 0. The van der Waals surface area contributed by atoms with Gasteiger partial charge in [-0.1, -0.05) is 6.07 Å². The average molecular weight is 249 g/mol. The highest BCUT2D eigenvalue weighted by Crippen LogP contribution is 2.36. The lowest BCUT2D eigenvalue weighted by molar-refractivity contribution is -0.103. The van der Waals surface area contributed by atoms with Gasteiger partial charge in [0.05, 0.1) is 6.10 Å². The second-order valence-electron chi connectivity index (χ2n) is 5.15. The molecule has 0 radical (unpaired) electrons. The van der Waals surface area contributed by atoms with Crippen molar-refractivity contribution in [3.63, 3.8) is 0 Å². The fourth-order valence-corrected chi connectivity index (χ4v) is 2.58. The lowest BCUT2D eigenvalue weighted by atomic mass is 9.93. The minimum atomic E-state index is -0.298. The Morgan fingerprint density at radius 3 is 2.78 bits per heavy atom. The first kappa shape index (κ1) is 11.8. The summed E-state index contributed by atoms with van der Waals surface area (Å²) in [5, 5.41) is 3.41. The van der Waals surface area contributed by atoms with E-state index in [-0.39, 0.29) is 11.7 Å². The van der Waals surface area contributed by atoms with Gasteiger partial charge in [0.2, 0.25) is 0 Å². The van der Waals surface area contributed by atoms with Crippen LogP contribution in [0.3, 0.4) is 0 Å². The number of rotatable bonds is 1. The molecule has 0 amide bonds. The molecule has 0 spiro atoms. The molecule has 1 aromatic rings. The summed E-state index contributed by atoms with van der Waals surface area (Å²) >= 11 is 0. The molecule has 1 aromatic carbocycles. The maximum absolute atomic E-state index is 6.09. The van der Waals surface area contributed by atoms with E-state index in [0.717, 1.165) is 30.2 Å². The van der Waals surface area contributed by atoms with Gasteiger partial charge in [-0.2, -0.15) is 0 Å². The number of benzene rings is 1. The Labute approximate surface area is 107 Å². The average Bonchev–Trinajstić information content (AvgIpc) is 2.38. The Hall–Kier alpha value is -1.26. The van der Waals surface area contributed by atoms with Gasteiger partial charge in [-0.3, -0.25) is 0 Å². The van der Waals surface area contributed by atoms with Crippen LogP contribution >= 0.6 is 0 Å². The predicted molar refractivity (Wildman–Crippen MR) is 68.2 cm³/mol. The first-order chi connectivity index (χ1) is 8.67. The largest absolute Gasteiger partial charge is 0.486 e. The van der Waals surface area contributed by atoms with Crippen LogP contribution < -0.4 is 14.8 Å². The molecule has 0 aliphatic carbocycles. The van der Waals surface area contributed by atoms with Crippen molar-refractivity contribution in [3.05, 3.63) is 23.8 Å². The second-order valence-corrected chi connectivity index (χ2v) is 5.15. The molecule has 0 saturated carbocycles. The van der Waals surface area contributed by atoms with Gasteiger partial charge in [0.25, 0.3) is 0 Å². The zero-order chi connectivity index (χ0) is 12.6. The number of hydrogen-bond donors (Lipinski definition) is 1. The second kappa shape index (κ2) is 4.44. The molecular formula is C14H19NO3. The molecule has 18 heavy (non-hydrogen) atoms. The minimum Gasteiger partial charge on any atom is -0.486 e. The van der Waals surface area contributed by atoms with Crippen LogP contribution in [0, 0.1) is 0 Å². The monoisotopic (exact) mass is 249 g/mol. The minimum absolute atomic E-state index is 0.219. The molecule has 4 nitrogen and oxygen atoms in total. The van der Waals surface area contributed by atoms with Crippen LogP contribution in [-0.2, 0) is 10.3 Å². The maximum atomic E-state index is 6.09. The molecule has 4 heteroatoms. The van der Waals surface area contributed by atoms with Crippen LogP contribution in [-0.4, -0.2) is 32.4 Å². The summed E-state index contributed by atoms with van der Waals surface area (Å²) in [6, 6.07) is 6.07. The van der Waals surface area contributed by atoms with Crippen LogP contribution in [0.1, 0.15) is 19.4 Å². The topological polar surface area (TPSA) is 39.7 Å². The van der Waals surface area contributed by atoms with E-state index in [1.807, 2.05) is 12.1 Å². The van der Waals surface area contributed by atoms with Gasteiger partial charge in [-0.25, -0.2) is 0 Å². The van der Waals surface area contributed by atoms with Crippen molar-refractivity contribution < 1.29 is 14.2 Å². The van der Waals surface area contributed by atoms with Gasteiger partial charge in [0.15, 0.2) is 11.5 Å². The molecule has 1 saturated heterocycles. The molecule has 1 fully saturated rings. The molecule has 0 aromatic heterocycles. The van der Waals surface area contributed by atoms with Crippen LogP contribution in [0.5, 0.6) is 11.5 Å². The third-order valence-corrected chi connectivity index (χ3v) is 3.51. The van der Waals surface area contributed by atoms with Gasteiger partial charge >= 0.3 is 0 Å². The van der Waals surface area contributed by atoms with E-state index in [4.69, 9.17) is 14.2 Å². The highest BCUT2D eigenvalue weighted by Gasteiger charge is 2.33. The molecule has 0 bridgehead atoms. The maximum Gasteiger partial charge on any atom is 0.161 e. The number of morpholine rings is 1. The highest BCUT2D eigenvalue weighted by atomic mass is 16.6. The van der Waals surface area contributed by atoms with Crippen molar-refractivity contribution in [3.8, 4) is 11.5 Å². The quantitative estimate of drug-likeness (QED) is 0.822. The third-order valence-electron chi connectivity index (χ3n) is 3.51. The van der Waals surface area contributed by atoms with Crippen LogP contribution in [0.4, 0.5) is 0 Å². The van der Waals surface area contributed by atoms with Gasteiger partial charge in [0, 0.05) is 13.1 Å². The number of nitrogens with one attached hydrogen (secondary N) is 1. The summed E-state index contributed by atoms with van der Waals surface area (Å²) in [4.78, 5) is 0. The fraction of sp³-hybridized carbons (Fsp3) is 0.571. The van der Waals surface area contributed by atoms with Crippen molar-refractivity contribution in [2.75, 3.05) is 26.3 Å². The first-order valence-electron chi connectivity index (χ1n) is 6.46. The summed E-state index contributed by atoms with van der Waals surface area (Å²) in [5.41, 5.74) is 0.832. The molecule has 2 aliphatic rings. The summed E-state index contributed by atoms with van der Waals surface area (Å²) in [5.74, 6) is 1.65. The van der Waals surface area contributed by atoms with Crippen LogP contribution in [0.15, 0.2) is 18.2 Å². The Morgan fingerprint density at radius 1 is 1.22 bits per heavy atom. The summed E-state index contributed by atoms with van der Waals surface area (Å²) in [6.07, 6.45) is 0.219. The zero-order valence-electron chi connectivity index (χ0n) is 10.9. The molecule has 2 unspecified atom stereocenters. The summed E-state index contributed by atoms with van der Waals surface area (Å²) < 4.78 is 17.3. The van der Waals surface area contributed by atoms with Gasteiger partial charge in [-0.15, -0.1) is 0 Å². The van der Waals surface area contributed by atoms with E-state index >= 15 is 0 Å². The molecule has 3 rings (SSSR count). The number of fused-ring (bicyclic) bond motifs is 1. The SMILES string of the molecule is CC1CNCC(C)(c2ccc3c(c2)OCCO3)O1. The van der Waals surface area contributed by atoms with E-state index in [0.29, 0.717) is 13.2 Å². The summed E-state index contributed by atoms with van der Waals surface area (Å²) in [6.45, 7) is 7.15. The van der Waals surface area contributed by atoms with Crippen molar-refractivity contribution in [2.24, 2.45) is 0 Å². The van der Waals surface area contributed by atoms with E-state index in [9.17, 15) is 0 Å². The van der Waals surface area contributed by atoms with Crippen molar-refractivity contribution in [1.29, 1.82) is 0 Å². The third kappa shape index (κ3) is 2.06. The fourth-order valence-electron chi connectivity index (χ4n) is 2.58. The Kier molecular flexibility index (Phi) is 2.92. The normalized spacial score (nSPS) is 31.1. The van der Waals surface area contributed by atoms with Crippen LogP contribution in [0.2, 0.25) is 0 Å². The lowest BCUT2D eigenvalue weighted by Crippen LogP contribution is -2.49. The van der Waals surface area contributed by atoms with E-state index < -0.39 is 0 Å². The lowest BCUT2D eigenvalue weighted by Gasteiger charge is -2.38. The van der Waals surface area contributed by atoms with Crippen molar-refractivity contribution >= 4 is 0 Å². The molecule has 1 N–H and O–H groups in total. The molecule has 98 valence electrons. The zero-order valence-corrected chi connectivity index (χ0v) is 10.9. The Morgan fingerprint density at radius 2 is 2.00 bits per heavy atom. The predicted octanol–water partition coefficient (Wildman–Crippen LogP) is 1.68. The number of ether oxygens (including phenoxy) is 3. The van der Waals surface area contributed by atoms with Gasteiger partial charge in [0.1, 0.15) is 18.8 Å². The molecule has 2 heterocycles. The standard InChI is InChI=1S/C14H19NO3/c1-10-8-15-9-14(2,18-10)11-3-4-12-13(7-11)17-6-5-16-12/h3-4,7,10,15H,5-6,8-9H2,1-2H3. The Bertz CT molecular complexity index is 449. The van der Waals surface area contributed by atoms with Crippen molar-refractivity contribution in [1.82, 2.24) is 5.32 Å². The van der Waals surface area contributed by atoms with Gasteiger partial charge in [-0.05, 0) is 31.5 Å². The molecule has 2 aliphatic heterocycles. The van der Waals surface area contributed by atoms with E-state index in [1.54, 1.807) is 0 Å². The first-order valence-corrected chi connectivity index (χ1v) is 6.46. The number of hydrogen-bond acceptors (Lipinski definition) is 4. The van der Waals surface area contributed by atoms with E-state index in [2.05, 4.69) is 25.2 Å². The molecular weight excluding hydrogens is 230 g/mol. The highest BCUT2D eigenvalue weighted by molar-refractivity contribution is 5.45. The van der Waals surface area contributed by atoms with E-state index in [1.165, 1.54) is 0 Å². The van der Waals surface area contributed by atoms with Crippen molar-refractivity contribution in [2.45, 2.75) is 25.6 Å². The van der Waals surface area contributed by atoms with Crippen LogP contribution in [0.25, 0.3) is 0 Å². The molecule has 2 atom stereocenters. The Balaban J connectivity index is 1.91. The smallest absolute Gasteiger partial charge is 0.161 e.